The van der Waals surface area contributed by atoms with E-state index in [0.29, 0.717) is 5.41 Å². The zero-order chi connectivity index (χ0) is 15.5. The van der Waals surface area contributed by atoms with Crippen molar-refractivity contribution >= 4 is 0 Å². The fourth-order valence-electron chi connectivity index (χ4n) is 7.93. The zero-order valence-electron chi connectivity index (χ0n) is 14.9. The Labute approximate surface area is 137 Å². The van der Waals surface area contributed by atoms with Gasteiger partial charge in [-0.2, -0.15) is 0 Å². The Balaban J connectivity index is 1.61. The molecule has 0 aliphatic heterocycles. The lowest BCUT2D eigenvalue weighted by Crippen LogP contribution is -2.53. The number of aliphatic hydroxyl groups is 1. The first-order valence-corrected chi connectivity index (χ1v) is 10.2. The predicted octanol–water partition coefficient (Wildman–Crippen LogP) is 5.27. The third-order valence-electron chi connectivity index (χ3n) is 8.98. The van der Waals surface area contributed by atoms with Crippen LogP contribution in [0.5, 0.6) is 0 Å². The fourth-order valence-corrected chi connectivity index (χ4v) is 7.93. The SMILES string of the molecule is CC[C@H]1CCC2C3CCC4CC(O)CC[C@]4(C)C3C[C@@H](C)C21. The van der Waals surface area contributed by atoms with Gasteiger partial charge in [-0.15, -0.1) is 0 Å². The molecule has 0 radical (unpaired) electrons. The molecule has 0 aromatic rings. The summed E-state index contributed by atoms with van der Waals surface area (Å²) in [5, 5.41) is 10.1. The van der Waals surface area contributed by atoms with Crippen LogP contribution in [-0.4, -0.2) is 11.2 Å². The van der Waals surface area contributed by atoms with Crippen molar-refractivity contribution in [3.63, 3.8) is 0 Å². The topological polar surface area (TPSA) is 20.2 Å². The van der Waals surface area contributed by atoms with Gasteiger partial charge in [0, 0.05) is 0 Å². The normalized spacial score (nSPS) is 57.8. The summed E-state index contributed by atoms with van der Waals surface area (Å²) in [6.45, 7) is 7.61. The van der Waals surface area contributed by atoms with Crippen LogP contribution in [0, 0.1) is 46.8 Å². The van der Waals surface area contributed by atoms with Crippen molar-refractivity contribution in [2.45, 2.75) is 84.7 Å². The molecule has 9 atom stereocenters. The molecule has 4 saturated carbocycles. The zero-order valence-corrected chi connectivity index (χ0v) is 14.9. The van der Waals surface area contributed by atoms with Crippen LogP contribution < -0.4 is 0 Å². The number of rotatable bonds is 1. The Kier molecular flexibility index (Phi) is 3.87. The Hall–Kier alpha value is -0.0400. The molecule has 0 amide bonds. The minimum atomic E-state index is -0.000611. The van der Waals surface area contributed by atoms with E-state index in [1.807, 2.05) is 0 Å². The van der Waals surface area contributed by atoms with Crippen LogP contribution in [0.15, 0.2) is 0 Å². The first kappa shape index (κ1) is 15.5. The maximum absolute atomic E-state index is 10.1. The van der Waals surface area contributed by atoms with E-state index in [-0.39, 0.29) is 6.10 Å². The molecule has 6 unspecified atom stereocenters. The maximum atomic E-state index is 10.1. The summed E-state index contributed by atoms with van der Waals surface area (Å²) < 4.78 is 0. The second-order valence-electron chi connectivity index (χ2n) is 9.68. The van der Waals surface area contributed by atoms with Crippen LogP contribution in [0.1, 0.15) is 78.6 Å². The molecule has 4 rings (SSSR count). The monoisotopic (exact) mass is 304 g/mol. The molecule has 0 heterocycles. The average molecular weight is 305 g/mol. The standard InChI is InChI=1S/C21H36O/c1-4-14-5-7-18-17-8-6-15-12-16(22)9-10-21(15,3)19(17)11-13(2)20(14)18/h13-20,22H,4-12H2,1-3H3/t13-,14+,15?,16?,17?,18?,19?,20?,21+/m1/s1. The van der Waals surface area contributed by atoms with Gasteiger partial charge in [-0.1, -0.05) is 27.2 Å². The molecule has 126 valence electrons. The maximum Gasteiger partial charge on any atom is 0.0543 e. The third kappa shape index (κ3) is 2.14. The minimum absolute atomic E-state index is 0.000611. The lowest BCUT2D eigenvalue weighted by Gasteiger charge is -2.60. The highest BCUT2D eigenvalue weighted by molar-refractivity contribution is 5.06. The van der Waals surface area contributed by atoms with Gasteiger partial charge < -0.3 is 5.11 Å². The second kappa shape index (κ2) is 5.50. The van der Waals surface area contributed by atoms with Crippen molar-refractivity contribution in [3.05, 3.63) is 0 Å². The van der Waals surface area contributed by atoms with Crippen molar-refractivity contribution < 1.29 is 5.11 Å². The van der Waals surface area contributed by atoms with Gasteiger partial charge in [-0.05, 0) is 98.2 Å². The van der Waals surface area contributed by atoms with Gasteiger partial charge in [-0.25, -0.2) is 0 Å². The van der Waals surface area contributed by atoms with E-state index in [2.05, 4.69) is 20.8 Å². The summed E-state index contributed by atoms with van der Waals surface area (Å²) >= 11 is 0. The van der Waals surface area contributed by atoms with Gasteiger partial charge >= 0.3 is 0 Å². The number of hydrogen-bond donors (Lipinski definition) is 1. The largest absolute Gasteiger partial charge is 0.393 e. The first-order valence-electron chi connectivity index (χ1n) is 10.2. The van der Waals surface area contributed by atoms with Crippen molar-refractivity contribution in [2.75, 3.05) is 0 Å². The molecule has 22 heavy (non-hydrogen) atoms. The van der Waals surface area contributed by atoms with E-state index in [4.69, 9.17) is 0 Å². The predicted molar refractivity (Wildman–Crippen MR) is 91.4 cm³/mol. The molecule has 0 spiro atoms. The van der Waals surface area contributed by atoms with Crippen LogP contribution in [0.2, 0.25) is 0 Å². The van der Waals surface area contributed by atoms with Crippen molar-refractivity contribution in [1.29, 1.82) is 0 Å². The minimum Gasteiger partial charge on any atom is -0.393 e. The molecular formula is C21H36O. The lowest BCUT2D eigenvalue weighted by molar-refractivity contribution is -0.121. The molecule has 4 fully saturated rings. The highest BCUT2D eigenvalue weighted by Crippen LogP contribution is 2.65. The van der Waals surface area contributed by atoms with Crippen LogP contribution in [0.25, 0.3) is 0 Å². The molecule has 0 bridgehead atoms. The molecule has 4 aliphatic rings. The summed E-state index contributed by atoms with van der Waals surface area (Å²) in [5.74, 6) is 6.86. The second-order valence-corrected chi connectivity index (χ2v) is 9.68. The third-order valence-corrected chi connectivity index (χ3v) is 8.98. The van der Waals surface area contributed by atoms with E-state index in [1.54, 1.807) is 0 Å². The van der Waals surface area contributed by atoms with E-state index < -0.39 is 0 Å². The van der Waals surface area contributed by atoms with Crippen molar-refractivity contribution in [1.82, 2.24) is 0 Å². The molecule has 0 saturated heterocycles. The average Bonchev–Trinajstić information content (AvgIpc) is 2.94. The fraction of sp³-hybridized carbons (Fsp3) is 1.00. The van der Waals surface area contributed by atoms with E-state index >= 15 is 0 Å². The highest BCUT2D eigenvalue weighted by Gasteiger charge is 2.57. The van der Waals surface area contributed by atoms with Gasteiger partial charge in [0.25, 0.3) is 0 Å². The number of hydrogen-bond acceptors (Lipinski definition) is 1. The summed E-state index contributed by atoms with van der Waals surface area (Å²) in [4.78, 5) is 0. The summed E-state index contributed by atoms with van der Waals surface area (Å²) in [5.41, 5.74) is 0.547. The summed E-state index contributed by atoms with van der Waals surface area (Å²) in [6.07, 6.45) is 12.3. The first-order chi connectivity index (χ1) is 10.5. The smallest absolute Gasteiger partial charge is 0.0543 e. The quantitative estimate of drug-likeness (QED) is 0.699. The van der Waals surface area contributed by atoms with Crippen molar-refractivity contribution in [3.8, 4) is 0 Å². The van der Waals surface area contributed by atoms with Crippen LogP contribution in [0.4, 0.5) is 0 Å². The highest BCUT2D eigenvalue weighted by atomic mass is 16.3. The summed E-state index contributed by atoms with van der Waals surface area (Å²) in [7, 11) is 0. The molecule has 1 nitrogen and oxygen atoms in total. The lowest BCUT2D eigenvalue weighted by atomic mass is 9.45. The number of fused-ring (bicyclic) bond motifs is 5. The molecule has 4 aliphatic carbocycles. The molecular weight excluding hydrogens is 268 g/mol. The Morgan fingerprint density at radius 1 is 1.00 bits per heavy atom. The Morgan fingerprint density at radius 2 is 1.77 bits per heavy atom. The van der Waals surface area contributed by atoms with Crippen LogP contribution in [-0.2, 0) is 0 Å². The summed E-state index contributed by atoms with van der Waals surface area (Å²) in [6, 6.07) is 0. The van der Waals surface area contributed by atoms with E-state index in [1.165, 1.54) is 44.9 Å². The van der Waals surface area contributed by atoms with Gasteiger partial charge in [0.2, 0.25) is 0 Å². The van der Waals surface area contributed by atoms with Crippen LogP contribution >= 0.6 is 0 Å². The van der Waals surface area contributed by atoms with Gasteiger partial charge in [-0.3, -0.25) is 0 Å². The van der Waals surface area contributed by atoms with Gasteiger partial charge in [0.15, 0.2) is 0 Å². The van der Waals surface area contributed by atoms with Gasteiger partial charge in [0.1, 0.15) is 0 Å². The number of aliphatic hydroxyl groups excluding tert-OH is 1. The van der Waals surface area contributed by atoms with E-state index in [9.17, 15) is 5.11 Å². The Bertz CT molecular complexity index is 418. The van der Waals surface area contributed by atoms with Crippen LogP contribution in [0.3, 0.4) is 0 Å². The molecule has 0 aromatic carbocycles. The van der Waals surface area contributed by atoms with Gasteiger partial charge in [0.05, 0.1) is 6.10 Å². The Morgan fingerprint density at radius 3 is 2.55 bits per heavy atom. The molecule has 1 heteroatoms. The van der Waals surface area contributed by atoms with Crippen molar-refractivity contribution in [2.24, 2.45) is 46.8 Å². The van der Waals surface area contributed by atoms with E-state index in [0.717, 1.165) is 54.3 Å². The molecule has 0 aromatic heterocycles. The molecule has 1 N–H and O–H groups in total.